The lowest BCUT2D eigenvalue weighted by Crippen LogP contribution is -2.33. The third-order valence-electron chi connectivity index (χ3n) is 4.81. The first kappa shape index (κ1) is 16.1. The summed E-state index contributed by atoms with van der Waals surface area (Å²) in [7, 11) is 0. The molecule has 1 saturated heterocycles. The van der Waals surface area contributed by atoms with E-state index >= 15 is 0 Å². The summed E-state index contributed by atoms with van der Waals surface area (Å²) in [5.74, 6) is 0.235. The smallest absolute Gasteiger partial charge is 0.0949 e. The highest BCUT2D eigenvalue weighted by Gasteiger charge is 2.20. The molecule has 1 aliphatic rings. The SMILES string of the molecule is c1ccc(C(c2ccccc2)c2cccc(C3CNCCO3)c2)cc1. The van der Waals surface area contributed by atoms with Crippen molar-refractivity contribution in [1.82, 2.24) is 5.32 Å². The zero-order valence-corrected chi connectivity index (χ0v) is 14.3. The van der Waals surface area contributed by atoms with Crippen LogP contribution in [-0.2, 0) is 4.74 Å². The van der Waals surface area contributed by atoms with Crippen LogP contribution < -0.4 is 5.32 Å². The molecule has 1 unspecified atom stereocenters. The molecular formula is C23H23NO. The predicted molar refractivity (Wildman–Crippen MR) is 102 cm³/mol. The van der Waals surface area contributed by atoms with Gasteiger partial charge in [0.2, 0.25) is 0 Å². The molecule has 0 radical (unpaired) electrons. The number of hydrogen-bond acceptors (Lipinski definition) is 2. The van der Waals surface area contributed by atoms with Gasteiger partial charge >= 0.3 is 0 Å². The van der Waals surface area contributed by atoms with E-state index in [1.165, 1.54) is 22.3 Å². The van der Waals surface area contributed by atoms with Crippen molar-refractivity contribution in [2.75, 3.05) is 19.7 Å². The van der Waals surface area contributed by atoms with Crippen LogP contribution in [0, 0.1) is 0 Å². The Balaban J connectivity index is 1.75. The van der Waals surface area contributed by atoms with E-state index in [0.717, 1.165) is 19.7 Å². The minimum absolute atomic E-state index is 0.140. The molecule has 0 bridgehead atoms. The summed E-state index contributed by atoms with van der Waals surface area (Å²) in [6.07, 6.45) is 0.140. The maximum Gasteiger partial charge on any atom is 0.0949 e. The molecule has 0 aliphatic carbocycles. The zero-order chi connectivity index (χ0) is 16.9. The van der Waals surface area contributed by atoms with Crippen LogP contribution in [-0.4, -0.2) is 19.7 Å². The molecule has 0 aromatic heterocycles. The number of nitrogens with one attached hydrogen (secondary N) is 1. The molecule has 4 rings (SSSR count). The highest BCUT2D eigenvalue weighted by atomic mass is 16.5. The molecule has 25 heavy (non-hydrogen) atoms. The van der Waals surface area contributed by atoms with Gasteiger partial charge in [-0.1, -0.05) is 84.9 Å². The Hall–Kier alpha value is -2.42. The number of benzene rings is 3. The quantitative estimate of drug-likeness (QED) is 0.710. The topological polar surface area (TPSA) is 21.3 Å². The van der Waals surface area contributed by atoms with Gasteiger partial charge in [-0.3, -0.25) is 0 Å². The van der Waals surface area contributed by atoms with Gasteiger partial charge in [-0.2, -0.15) is 0 Å². The van der Waals surface area contributed by atoms with Crippen molar-refractivity contribution in [3.63, 3.8) is 0 Å². The average Bonchev–Trinajstić information content (AvgIpc) is 2.71. The van der Waals surface area contributed by atoms with Gasteiger partial charge in [0.25, 0.3) is 0 Å². The summed E-state index contributed by atoms with van der Waals surface area (Å²) >= 11 is 0. The molecule has 1 atom stereocenters. The van der Waals surface area contributed by atoms with Crippen molar-refractivity contribution in [2.45, 2.75) is 12.0 Å². The molecule has 1 fully saturated rings. The summed E-state index contributed by atoms with van der Waals surface area (Å²) < 4.78 is 5.95. The number of hydrogen-bond donors (Lipinski definition) is 1. The van der Waals surface area contributed by atoms with E-state index in [2.05, 4.69) is 90.2 Å². The molecule has 126 valence electrons. The van der Waals surface area contributed by atoms with Gasteiger partial charge in [-0.15, -0.1) is 0 Å². The Morgan fingerprint density at radius 2 is 1.40 bits per heavy atom. The van der Waals surface area contributed by atoms with Crippen molar-refractivity contribution in [2.24, 2.45) is 0 Å². The zero-order valence-electron chi connectivity index (χ0n) is 14.3. The van der Waals surface area contributed by atoms with E-state index < -0.39 is 0 Å². The standard InChI is InChI=1S/C23H23NO/c1-3-8-18(9-4-1)23(19-10-5-2-6-11-19)21-13-7-12-20(16-21)22-17-24-14-15-25-22/h1-13,16,22-24H,14-15,17H2. The lowest BCUT2D eigenvalue weighted by Gasteiger charge is -2.25. The lowest BCUT2D eigenvalue weighted by molar-refractivity contribution is 0.0276. The largest absolute Gasteiger partial charge is 0.371 e. The Morgan fingerprint density at radius 1 is 0.760 bits per heavy atom. The first-order chi connectivity index (χ1) is 12.4. The van der Waals surface area contributed by atoms with Crippen LogP contribution in [0.15, 0.2) is 84.9 Å². The molecule has 1 heterocycles. The lowest BCUT2D eigenvalue weighted by atomic mass is 9.84. The molecule has 3 aromatic carbocycles. The van der Waals surface area contributed by atoms with Crippen molar-refractivity contribution in [3.8, 4) is 0 Å². The van der Waals surface area contributed by atoms with Gasteiger partial charge in [0, 0.05) is 19.0 Å². The molecule has 0 spiro atoms. The molecule has 0 amide bonds. The van der Waals surface area contributed by atoms with E-state index in [-0.39, 0.29) is 12.0 Å². The van der Waals surface area contributed by atoms with Crippen LogP contribution in [0.5, 0.6) is 0 Å². The van der Waals surface area contributed by atoms with Crippen LogP contribution in [0.1, 0.15) is 34.3 Å². The van der Waals surface area contributed by atoms with Crippen LogP contribution in [0.3, 0.4) is 0 Å². The second-order valence-corrected chi connectivity index (χ2v) is 6.49. The molecule has 2 heteroatoms. The summed E-state index contributed by atoms with van der Waals surface area (Å²) in [6, 6.07) is 30.3. The number of rotatable bonds is 4. The monoisotopic (exact) mass is 329 g/mol. The third-order valence-corrected chi connectivity index (χ3v) is 4.81. The highest BCUT2D eigenvalue weighted by Crippen LogP contribution is 2.33. The van der Waals surface area contributed by atoms with Crippen molar-refractivity contribution in [1.29, 1.82) is 0 Å². The molecule has 0 saturated carbocycles. The second kappa shape index (κ2) is 7.64. The van der Waals surface area contributed by atoms with E-state index in [1.54, 1.807) is 0 Å². The molecule has 1 N–H and O–H groups in total. The fourth-order valence-electron chi connectivity index (χ4n) is 3.59. The third kappa shape index (κ3) is 3.65. The maximum atomic E-state index is 5.95. The van der Waals surface area contributed by atoms with Gasteiger partial charge in [0.15, 0.2) is 0 Å². The molecule has 1 aliphatic heterocycles. The van der Waals surface area contributed by atoms with E-state index in [4.69, 9.17) is 4.74 Å². The Bertz CT molecular complexity index is 755. The van der Waals surface area contributed by atoms with Gasteiger partial charge in [0.1, 0.15) is 0 Å². The first-order valence-electron chi connectivity index (χ1n) is 8.94. The first-order valence-corrected chi connectivity index (χ1v) is 8.94. The fourth-order valence-corrected chi connectivity index (χ4v) is 3.59. The van der Waals surface area contributed by atoms with Crippen LogP contribution in [0.25, 0.3) is 0 Å². The number of morpholine rings is 1. The van der Waals surface area contributed by atoms with Crippen molar-refractivity contribution in [3.05, 3.63) is 107 Å². The normalized spacial score (nSPS) is 17.6. The van der Waals surface area contributed by atoms with Gasteiger partial charge in [0.05, 0.1) is 12.7 Å². The van der Waals surface area contributed by atoms with Crippen molar-refractivity contribution < 1.29 is 4.74 Å². The summed E-state index contributed by atoms with van der Waals surface area (Å²) in [5, 5.41) is 3.42. The van der Waals surface area contributed by atoms with Crippen LogP contribution in [0.2, 0.25) is 0 Å². The predicted octanol–water partition coefficient (Wildman–Crippen LogP) is 4.53. The Kier molecular flexibility index (Phi) is 4.91. The van der Waals surface area contributed by atoms with Gasteiger partial charge in [-0.05, 0) is 22.3 Å². The molecule has 2 nitrogen and oxygen atoms in total. The summed E-state index contributed by atoms with van der Waals surface area (Å²) in [4.78, 5) is 0. The van der Waals surface area contributed by atoms with Gasteiger partial charge < -0.3 is 10.1 Å². The fraction of sp³-hybridized carbons (Fsp3) is 0.217. The Morgan fingerprint density at radius 3 is 2.00 bits per heavy atom. The highest BCUT2D eigenvalue weighted by molar-refractivity contribution is 5.44. The molecule has 3 aromatic rings. The minimum atomic E-state index is 0.140. The number of ether oxygens (including phenoxy) is 1. The van der Waals surface area contributed by atoms with E-state index in [9.17, 15) is 0 Å². The van der Waals surface area contributed by atoms with E-state index in [1.807, 2.05) is 0 Å². The molecular weight excluding hydrogens is 306 g/mol. The Labute approximate surface area is 149 Å². The van der Waals surface area contributed by atoms with E-state index in [0.29, 0.717) is 0 Å². The average molecular weight is 329 g/mol. The minimum Gasteiger partial charge on any atom is -0.371 e. The van der Waals surface area contributed by atoms with Crippen LogP contribution in [0.4, 0.5) is 0 Å². The summed E-state index contributed by atoms with van der Waals surface area (Å²) in [5.41, 5.74) is 5.19. The van der Waals surface area contributed by atoms with Crippen LogP contribution >= 0.6 is 0 Å². The van der Waals surface area contributed by atoms with Gasteiger partial charge in [-0.25, -0.2) is 0 Å². The van der Waals surface area contributed by atoms with Crippen molar-refractivity contribution >= 4 is 0 Å². The second-order valence-electron chi connectivity index (χ2n) is 6.49. The summed E-state index contributed by atoms with van der Waals surface area (Å²) in [6.45, 7) is 2.59. The maximum absolute atomic E-state index is 5.95.